The van der Waals surface area contributed by atoms with Gasteiger partial charge in [-0.05, 0) is 68.9 Å². The van der Waals surface area contributed by atoms with Gasteiger partial charge in [0, 0.05) is 29.3 Å². The molecule has 0 unspecified atom stereocenters. The van der Waals surface area contributed by atoms with E-state index in [9.17, 15) is 4.79 Å². The van der Waals surface area contributed by atoms with Crippen molar-refractivity contribution >= 4 is 23.3 Å². The van der Waals surface area contributed by atoms with Crippen molar-refractivity contribution < 1.29 is 19.0 Å². The summed E-state index contributed by atoms with van der Waals surface area (Å²) in [6.45, 7) is 6.54. The Labute approximate surface area is 203 Å². The van der Waals surface area contributed by atoms with Crippen LogP contribution in [-0.2, 0) is 9.53 Å². The number of aromatic nitrogens is 2. The van der Waals surface area contributed by atoms with Gasteiger partial charge in [-0.1, -0.05) is 6.07 Å². The van der Waals surface area contributed by atoms with Crippen molar-refractivity contribution in [3.63, 3.8) is 0 Å². The van der Waals surface area contributed by atoms with Crippen molar-refractivity contribution in [1.29, 1.82) is 0 Å². The maximum absolute atomic E-state index is 12.5. The fourth-order valence-corrected chi connectivity index (χ4v) is 5.07. The Bertz CT molecular complexity index is 1240. The number of hydrogen-bond donors (Lipinski definition) is 1. The molecule has 3 aromatic rings. The highest BCUT2D eigenvalue weighted by Crippen LogP contribution is 2.42. The van der Waals surface area contributed by atoms with Gasteiger partial charge in [-0.2, -0.15) is 0 Å². The average molecular weight is 479 g/mol. The SMILES string of the molecule is CCOC(=O)CN1C(=S)N[C@H](c2ccccn2)[C@H]1c1cc(C)n(-c2ccc3c(c2)OCO3)c1C. The maximum Gasteiger partial charge on any atom is 0.325 e. The van der Waals surface area contributed by atoms with Gasteiger partial charge in [0.1, 0.15) is 6.54 Å². The molecule has 2 aliphatic heterocycles. The van der Waals surface area contributed by atoms with E-state index in [1.54, 1.807) is 13.1 Å². The number of rotatable bonds is 6. The summed E-state index contributed by atoms with van der Waals surface area (Å²) >= 11 is 5.67. The summed E-state index contributed by atoms with van der Waals surface area (Å²) in [5.74, 6) is 1.15. The van der Waals surface area contributed by atoms with Crippen LogP contribution >= 0.6 is 12.2 Å². The first kappa shape index (κ1) is 22.2. The van der Waals surface area contributed by atoms with Gasteiger partial charge in [-0.3, -0.25) is 9.78 Å². The third-order valence-electron chi connectivity index (χ3n) is 6.21. The highest BCUT2D eigenvalue weighted by atomic mass is 32.1. The van der Waals surface area contributed by atoms with Crippen LogP contribution in [0, 0.1) is 13.8 Å². The lowest BCUT2D eigenvalue weighted by molar-refractivity contribution is -0.143. The number of carbonyl (C=O) groups is 1. The molecule has 1 fully saturated rings. The highest BCUT2D eigenvalue weighted by molar-refractivity contribution is 7.80. The zero-order chi connectivity index (χ0) is 23.8. The molecule has 176 valence electrons. The number of hydrogen-bond acceptors (Lipinski definition) is 6. The Morgan fingerprint density at radius 2 is 2.03 bits per heavy atom. The summed E-state index contributed by atoms with van der Waals surface area (Å²) in [6, 6.07) is 13.4. The topological polar surface area (TPSA) is 77.9 Å². The molecule has 0 radical (unpaired) electrons. The normalized spacial score (nSPS) is 18.8. The van der Waals surface area contributed by atoms with E-state index in [-0.39, 0.29) is 31.4 Å². The standard InChI is InChI=1S/C25H26N4O4S/c1-4-31-22(30)13-28-24(23(27-25(28)34)19-7-5-6-10-26-19)18-11-15(2)29(16(18)3)17-8-9-20-21(12-17)33-14-32-20/h5-12,23-24H,4,13-14H2,1-3H3,(H,27,34)/t23-,24-/m1/s1. The van der Waals surface area contributed by atoms with Gasteiger partial charge in [0.2, 0.25) is 6.79 Å². The second-order valence-corrected chi connectivity index (χ2v) is 8.65. The van der Waals surface area contributed by atoms with Gasteiger partial charge < -0.3 is 29.0 Å². The Hall–Kier alpha value is -3.59. The number of thiocarbonyl (C=S) groups is 1. The second-order valence-electron chi connectivity index (χ2n) is 8.26. The van der Waals surface area contributed by atoms with E-state index in [2.05, 4.69) is 34.8 Å². The molecule has 9 heteroatoms. The number of ether oxygens (including phenoxy) is 3. The van der Waals surface area contributed by atoms with Crippen molar-refractivity contribution in [3.05, 3.63) is 71.3 Å². The summed E-state index contributed by atoms with van der Waals surface area (Å²) in [5, 5.41) is 3.89. The van der Waals surface area contributed by atoms with Crippen molar-refractivity contribution in [2.75, 3.05) is 19.9 Å². The van der Waals surface area contributed by atoms with E-state index < -0.39 is 0 Å². The van der Waals surface area contributed by atoms with Crippen LogP contribution in [0.15, 0.2) is 48.7 Å². The molecular formula is C25H26N4O4S. The molecule has 0 amide bonds. The Balaban J connectivity index is 1.59. The fraction of sp³-hybridized carbons (Fsp3) is 0.320. The number of aryl methyl sites for hydroxylation is 1. The van der Waals surface area contributed by atoms with Crippen LogP contribution in [0.4, 0.5) is 0 Å². The number of benzene rings is 1. The molecule has 0 spiro atoms. The van der Waals surface area contributed by atoms with E-state index in [1.807, 2.05) is 41.3 Å². The molecule has 0 bridgehead atoms. The molecule has 34 heavy (non-hydrogen) atoms. The van der Waals surface area contributed by atoms with Crippen LogP contribution in [-0.4, -0.2) is 45.5 Å². The van der Waals surface area contributed by atoms with Crippen molar-refractivity contribution in [1.82, 2.24) is 19.8 Å². The van der Waals surface area contributed by atoms with Crippen LogP contribution in [0.2, 0.25) is 0 Å². The molecule has 0 saturated carbocycles. The van der Waals surface area contributed by atoms with Crippen LogP contribution in [0.25, 0.3) is 5.69 Å². The minimum atomic E-state index is -0.317. The summed E-state index contributed by atoms with van der Waals surface area (Å²) in [5.41, 5.74) is 4.99. The molecule has 0 aliphatic carbocycles. The van der Waals surface area contributed by atoms with Crippen LogP contribution in [0.3, 0.4) is 0 Å². The molecule has 1 N–H and O–H groups in total. The van der Waals surface area contributed by atoms with Crippen LogP contribution in [0.5, 0.6) is 11.5 Å². The first-order chi connectivity index (χ1) is 16.5. The minimum absolute atomic E-state index is 0.0569. The number of pyridine rings is 1. The molecule has 2 atom stereocenters. The second kappa shape index (κ2) is 8.98. The smallest absolute Gasteiger partial charge is 0.325 e. The molecule has 2 aromatic heterocycles. The first-order valence-corrected chi connectivity index (χ1v) is 11.6. The summed E-state index contributed by atoms with van der Waals surface area (Å²) in [6.07, 6.45) is 1.76. The lowest BCUT2D eigenvalue weighted by Crippen LogP contribution is -2.35. The molecule has 8 nitrogen and oxygen atoms in total. The Kier molecular flexibility index (Phi) is 5.87. The number of fused-ring (bicyclic) bond motifs is 1. The number of nitrogens with one attached hydrogen (secondary N) is 1. The number of nitrogens with zero attached hydrogens (tertiary/aromatic N) is 3. The van der Waals surface area contributed by atoms with Gasteiger partial charge in [0.25, 0.3) is 0 Å². The summed E-state index contributed by atoms with van der Waals surface area (Å²) in [7, 11) is 0. The molecule has 2 aliphatic rings. The summed E-state index contributed by atoms with van der Waals surface area (Å²) in [4.78, 5) is 18.9. The van der Waals surface area contributed by atoms with Gasteiger partial charge in [-0.15, -0.1) is 0 Å². The monoisotopic (exact) mass is 478 g/mol. The number of carbonyl (C=O) groups excluding carboxylic acids is 1. The van der Waals surface area contributed by atoms with E-state index in [0.29, 0.717) is 11.7 Å². The van der Waals surface area contributed by atoms with Crippen molar-refractivity contribution in [3.8, 4) is 17.2 Å². The lowest BCUT2D eigenvalue weighted by Gasteiger charge is -2.27. The van der Waals surface area contributed by atoms with Crippen LogP contribution in [0.1, 0.15) is 41.7 Å². The van der Waals surface area contributed by atoms with E-state index in [0.717, 1.165) is 39.8 Å². The Morgan fingerprint density at radius 3 is 2.79 bits per heavy atom. The van der Waals surface area contributed by atoms with Gasteiger partial charge in [0.15, 0.2) is 16.6 Å². The lowest BCUT2D eigenvalue weighted by atomic mass is 9.97. The minimum Gasteiger partial charge on any atom is -0.465 e. The van der Waals surface area contributed by atoms with Gasteiger partial charge >= 0.3 is 5.97 Å². The van der Waals surface area contributed by atoms with Crippen molar-refractivity contribution in [2.24, 2.45) is 0 Å². The molecule has 5 rings (SSSR count). The molecule has 1 aromatic carbocycles. The predicted molar refractivity (Wildman–Crippen MR) is 130 cm³/mol. The third-order valence-corrected chi connectivity index (χ3v) is 6.56. The molecule has 1 saturated heterocycles. The summed E-state index contributed by atoms with van der Waals surface area (Å²) < 4.78 is 18.5. The quantitative estimate of drug-likeness (QED) is 0.424. The van der Waals surface area contributed by atoms with Gasteiger partial charge in [-0.25, -0.2) is 0 Å². The largest absolute Gasteiger partial charge is 0.465 e. The van der Waals surface area contributed by atoms with E-state index in [4.69, 9.17) is 26.4 Å². The average Bonchev–Trinajstić information content (AvgIpc) is 3.50. The van der Waals surface area contributed by atoms with E-state index >= 15 is 0 Å². The van der Waals surface area contributed by atoms with Crippen molar-refractivity contribution in [2.45, 2.75) is 32.9 Å². The van der Waals surface area contributed by atoms with E-state index in [1.165, 1.54) is 0 Å². The highest BCUT2D eigenvalue weighted by Gasteiger charge is 2.42. The molecular weight excluding hydrogens is 452 g/mol. The zero-order valence-corrected chi connectivity index (χ0v) is 20.1. The fourth-order valence-electron chi connectivity index (χ4n) is 4.77. The third kappa shape index (κ3) is 3.86. The zero-order valence-electron chi connectivity index (χ0n) is 19.3. The first-order valence-electron chi connectivity index (χ1n) is 11.2. The van der Waals surface area contributed by atoms with Crippen LogP contribution < -0.4 is 14.8 Å². The predicted octanol–water partition coefficient (Wildman–Crippen LogP) is 3.75. The van der Waals surface area contributed by atoms with Gasteiger partial charge in [0.05, 0.1) is 24.4 Å². The number of esters is 1. The Morgan fingerprint density at radius 1 is 1.21 bits per heavy atom. The molecule has 4 heterocycles. The maximum atomic E-state index is 12.5.